The number of unbranched alkanes of at least 4 members (excludes halogenated alkanes) is 4. The largest absolute Gasteiger partial charge is 0.490 e. The van der Waals surface area contributed by atoms with E-state index in [0.717, 1.165) is 107 Å². The summed E-state index contributed by atoms with van der Waals surface area (Å²) in [7, 11) is 0. The van der Waals surface area contributed by atoms with E-state index >= 15 is 0 Å². The fourth-order valence-corrected chi connectivity index (χ4v) is 9.69. The summed E-state index contributed by atoms with van der Waals surface area (Å²) in [6.07, 6.45) is 9.12. The first kappa shape index (κ1) is 40.3. The van der Waals surface area contributed by atoms with Gasteiger partial charge in [0.25, 0.3) is 17.7 Å². The summed E-state index contributed by atoms with van der Waals surface area (Å²) in [5.74, 6) is -1.24. The molecule has 5 aliphatic rings. The average molecular weight is 820 g/mol. The van der Waals surface area contributed by atoms with E-state index in [2.05, 4.69) is 43.5 Å². The number of halogens is 1. The molecule has 5 heterocycles. The van der Waals surface area contributed by atoms with Crippen molar-refractivity contribution in [3.8, 4) is 11.8 Å². The van der Waals surface area contributed by atoms with Crippen molar-refractivity contribution in [3.05, 3.63) is 87.9 Å². The van der Waals surface area contributed by atoms with Crippen molar-refractivity contribution in [2.75, 3.05) is 49.5 Å². The number of nitrogens with zero attached hydrogens (tertiary/aromatic N) is 5. The summed E-state index contributed by atoms with van der Waals surface area (Å²) in [5, 5.41) is 15.1. The highest BCUT2D eigenvalue weighted by Gasteiger charge is 2.46. The fourth-order valence-electron chi connectivity index (χ4n) is 9.48. The molecule has 59 heavy (non-hydrogen) atoms. The Morgan fingerprint density at radius 2 is 1.59 bits per heavy atom. The molecule has 4 fully saturated rings. The Labute approximate surface area is 349 Å². The lowest BCUT2D eigenvalue weighted by Crippen LogP contribution is -2.54. The monoisotopic (exact) mass is 819 g/mol. The van der Waals surface area contributed by atoms with E-state index in [1.54, 1.807) is 36.4 Å². The zero-order valence-electron chi connectivity index (χ0n) is 33.2. The SMILES string of the molecule is N#Cc1ccc(OC2CC3CCC(C2)N3C(=O)c2ccc(N3CCN(CCCCCCCNc4cccc5c4C(=O)N(C4CCC(=O)NC4=O)C5=O)CC3)cc2)cc1Cl. The summed E-state index contributed by atoms with van der Waals surface area (Å²) < 4.78 is 6.26. The number of hydrogen-bond acceptors (Lipinski definition) is 10. The molecule has 0 aliphatic carbocycles. The van der Waals surface area contributed by atoms with Gasteiger partial charge in [-0.05, 0) is 87.2 Å². The van der Waals surface area contributed by atoms with Crippen LogP contribution in [0.15, 0.2) is 60.7 Å². The Morgan fingerprint density at radius 3 is 2.31 bits per heavy atom. The number of piperazine rings is 1. The number of ether oxygens (including phenoxy) is 1. The van der Waals surface area contributed by atoms with Crippen LogP contribution in [-0.2, 0) is 9.59 Å². The Balaban J connectivity index is 0.715. The highest BCUT2D eigenvalue weighted by atomic mass is 35.5. The molecule has 308 valence electrons. The first-order valence-corrected chi connectivity index (χ1v) is 21.4. The molecular weight excluding hydrogens is 770 g/mol. The summed E-state index contributed by atoms with van der Waals surface area (Å²) in [5.41, 5.74) is 3.48. The normalized spacial score (nSPS) is 22.9. The maximum atomic E-state index is 13.7. The predicted molar refractivity (Wildman–Crippen MR) is 223 cm³/mol. The molecule has 4 saturated heterocycles. The smallest absolute Gasteiger partial charge is 0.264 e. The van der Waals surface area contributed by atoms with E-state index in [0.29, 0.717) is 34.1 Å². The number of imide groups is 2. The summed E-state index contributed by atoms with van der Waals surface area (Å²) in [4.78, 5) is 72.2. The van der Waals surface area contributed by atoms with Crippen LogP contribution in [0.2, 0.25) is 5.02 Å². The molecule has 2 N–H and O–H groups in total. The molecular formula is C45H50ClN7O6. The highest BCUT2D eigenvalue weighted by Crippen LogP contribution is 2.39. The summed E-state index contributed by atoms with van der Waals surface area (Å²) in [6, 6.07) is 19.8. The van der Waals surface area contributed by atoms with E-state index in [9.17, 15) is 24.0 Å². The molecule has 5 aliphatic heterocycles. The van der Waals surface area contributed by atoms with Crippen molar-refractivity contribution < 1.29 is 28.7 Å². The lowest BCUT2D eigenvalue weighted by Gasteiger charge is -2.39. The van der Waals surface area contributed by atoms with E-state index in [1.807, 2.05) is 12.1 Å². The first-order chi connectivity index (χ1) is 28.7. The third-order valence-electron chi connectivity index (χ3n) is 12.6. The van der Waals surface area contributed by atoms with Crippen molar-refractivity contribution in [1.82, 2.24) is 20.0 Å². The van der Waals surface area contributed by atoms with Gasteiger partial charge in [-0.15, -0.1) is 0 Å². The Hall–Kier alpha value is -5.45. The Morgan fingerprint density at radius 1 is 0.864 bits per heavy atom. The number of nitrogens with one attached hydrogen (secondary N) is 2. The minimum absolute atomic E-state index is 0.00630. The highest BCUT2D eigenvalue weighted by molar-refractivity contribution is 6.31. The number of amides is 5. The van der Waals surface area contributed by atoms with Gasteiger partial charge in [0.05, 0.1) is 21.7 Å². The zero-order chi connectivity index (χ0) is 41.0. The van der Waals surface area contributed by atoms with Crippen LogP contribution >= 0.6 is 11.6 Å². The van der Waals surface area contributed by atoms with Crippen LogP contribution in [0.25, 0.3) is 0 Å². The molecule has 0 spiro atoms. The summed E-state index contributed by atoms with van der Waals surface area (Å²) >= 11 is 6.22. The molecule has 5 amide bonds. The second-order valence-electron chi connectivity index (χ2n) is 16.3. The Kier molecular flexibility index (Phi) is 12.2. The number of carbonyl (C=O) groups excluding carboxylic acids is 5. The van der Waals surface area contributed by atoms with Crippen molar-refractivity contribution in [2.45, 2.75) is 94.9 Å². The van der Waals surface area contributed by atoms with Gasteiger partial charge in [-0.3, -0.25) is 39.1 Å². The predicted octanol–water partition coefficient (Wildman–Crippen LogP) is 6.01. The van der Waals surface area contributed by atoms with Crippen LogP contribution in [0.5, 0.6) is 5.75 Å². The second kappa shape index (κ2) is 17.8. The standard InChI is InChI=1S/C45H50ClN7O6/c46-37-27-34(16-11-30(37)28-47)59-35-25-32-14-15-33(26-35)52(32)43(56)29-9-12-31(13-10-29)51-23-21-50(22-24-51)20-5-3-1-2-4-19-48-38-8-6-7-36-41(38)45(58)53(44(36)57)39-17-18-40(54)49-42(39)55/h6-13,16,27,32-33,35,39,48H,1-5,14-15,17-26H2,(H,49,54,55). The summed E-state index contributed by atoms with van der Waals surface area (Å²) in [6.45, 7) is 5.64. The molecule has 3 aromatic carbocycles. The maximum absolute atomic E-state index is 13.7. The zero-order valence-corrected chi connectivity index (χ0v) is 33.9. The third kappa shape index (κ3) is 8.66. The number of anilines is 2. The number of benzene rings is 3. The number of carbonyl (C=O) groups is 5. The van der Waals surface area contributed by atoms with Crippen LogP contribution in [0.1, 0.15) is 107 Å². The molecule has 3 unspecified atom stereocenters. The van der Waals surface area contributed by atoms with E-state index < -0.39 is 29.7 Å². The van der Waals surface area contributed by atoms with Gasteiger partial charge < -0.3 is 19.9 Å². The average Bonchev–Trinajstić information content (AvgIpc) is 3.66. The number of piperidine rings is 2. The van der Waals surface area contributed by atoms with Crippen molar-refractivity contribution >= 4 is 52.5 Å². The van der Waals surface area contributed by atoms with Gasteiger partial charge in [0.1, 0.15) is 24.0 Å². The molecule has 13 nitrogen and oxygen atoms in total. The van der Waals surface area contributed by atoms with E-state index in [-0.39, 0.29) is 42.5 Å². The first-order valence-electron chi connectivity index (χ1n) is 21.0. The minimum Gasteiger partial charge on any atom is -0.490 e. The van der Waals surface area contributed by atoms with Crippen LogP contribution in [-0.4, -0.2) is 108 Å². The lowest BCUT2D eigenvalue weighted by molar-refractivity contribution is -0.136. The second-order valence-corrected chi connectivity index (χ2v) is 16.7. The van der Waals surface area contributed by atoms with Crippen molar-refractivity contribution in [1.29, 1.82) is 5.26 Å². The van der Waals surface area contributed by atoms with E-state index in [4.69, 9.17) is 21.6 Å². The molecule has 0 saturated carbocycles. The van der Waals surface area contributed by atoms with Gasteiger partial charge in [-0.2, -0.15) is 5.26 Å². The van der Waals surface area contributed by atoms with Gasteiger partial charge in [-0.1, -0.05) is 36.9 Å². The maximum Gasteiger partial charge on any atom is 0.264 e. The van der Waals surface area contributed by atoms with Crippen molar-refractivity contribution in [3.63, 3.8) is 0 Å². The lowest BCUT2D eigenvalue weighted by atomic mass is 9.98. The quantitative estimate of drug-likeness (QED) is 0.146. The number of fused-ring (bicyclic) bond motifs is 3. The molecule has 3 atom stereocenters. The molecule has 3 aromatic rings. The number of nitriles is 1. The topological polar surface area (TPSA) is 155 Å². The van der Waals surface area contributed by atoms with Gasteiger partial charge in [-0.25, -0.2) is 0 Å². The molecule has 8 rings (SSSR count). The minimum atomic E-state index is -0.976. The van der Waals surface area contributed by atoms with Gasteiger partial charge >= 0.3 is 0 Å². The number of rotatable bonds is 14. The van der Waals surface area contributed by atoms with Crippen LogP contribution in [0.4, 0.5) is 11.4 Å². The molecule has 0 radical (unpaired) electrons. The number of hydrogen-bond donors (Lipinski definition) is 2. The third-order valence-corrected chi connectivity index (χ3v) is 12.9. The Bertz CT molecular complexity index is 2130. The van der Waals surface area contributed by atoms with Crippen LogP contribution in [0, 0.1) is 11.3 Å². The van der Waals surface area contributed by atoms with Crippen LogP contribution < -0.4 is 20.3 Å². The molecule has 2 bridgehead atoms. The van der Waals surface area contributed by atoms with E-state index in [1.165, 1.54) is 0 Å². The van der Waals surface area contributed by atoms with Gasteiger partial charge in [0.15, 0.2) is 0 Å². The molecule has 0 aromatic heterocycles. The van der Waals surface area contributed by atoms with Crippen LogP contribution in [0.3, 0.4) is 0 Å². The van der Waals surface area contributed by atoms with Gasteiger partial charge in [0, 0.05) is 87.1 Å². The fraction of sp³-hybridized carbons (Fsp3) is 0.467. The van der Waals surface area contributed by atoms with Gasteiger partial charge in [0.2, 0.25) is 11.8 Å². The van der Waals surface area contributed by atoms with Crippen molar-refractivity contribution in [2.24, 2.45) is 0 Å². The molecule has 14 heteroatoms.